The van der Waals surface area contributed by atoms with Crippen molar-refractivity contribution in [3.8, 4) is 0 Å². The van der Waals surface area contributed by atoms with Gasteiger partial charge in [0.2, 0.25) is 0 Å². The predicted molar refractivity (Wildman–Crippen MR) is 100 cm³/mol. The fraction of sp³-hybridized carbons (Fsp3) is 0.316. The van der Waals surface area contributed by atoms with Gasteiger partial charge in [0.15, 0.2) is 5.78 Å². The minimum atomic E-state index is -3.67. The lowest BCUT2D eigenvalue weighted by Crippen LogP contribution is -2.38. The lowest BCUT2D eigenvalue weighted by Gasteiger charge is -2.35. The maximum absolute atomic E-state index is 13.4. The molecule has 0 radical (unpaired) electrons. The van der Waals surface area contributed by atoms with Crippen LogP contribution >= 0.6 is 7.75 Å². The zero-order valence-corrected chi connectivity index (χ0v) is 15.7. The van der Waals surface area contributed by atoms with Crippen LogP contribution in [-0.2, 0) is 13.6 Å². The molecule has 6 heteroatoms. The maximum Gasteiger partial charge on any atom is 0.435 e. The van der Waals surface area contributed by atoms with Gasteiger partial charge < -0.3 is 0 Å². The van der Waals surface area contributed by atoms with Crippen molar-refractivity contribution >= 4 is 19.2 Å². The lowest BCUT2D eigenvalue weighted by molar-refractivity contribution is 0.0963. The lowest BCUT2D eigenvalue weighted by atomic mass is 10.1. The third kappa shape index (κ3) is 4.57. The van der Waals surface area contributed by atoms with Crippen LogP contribution in [-0.4, -0.2) is 25.0 Å². The topological polar surface area (TPSA) is 55.8 Å². The molecular weight excluding hydrogens is 337 g/mol. The van der Waals surface area contributed by atoms with Gasteiger partial charge in [0, 0.05) is 11.3 Å². The molecule has 0 aliphatic heterocycles. The Morgan fingerprint density at radius 2 is 1.44 bits per heavy atom. The van der Waals surface area contributed by atoms with Gasteiger partial charge in [0.1, 0.15) is 6.04 Å². The van der Waals surface area contributed by atoms with Crippen molar-refractivity contribution in [3.63, 3.8) is 0 Å². The first-order valence-electron chi connectivity index (χ1n) is 8.36. The van der Waals surface area contributed by atoms with E-state index in [1.807, 2.05) is 24.3 Å². The van der Waals surface area contributed by atoms with Crippen LogP contribution in [0.1, 0.15) is 31.1 Å². The first kappa shape index (κ1) is 19.4. The molecule has 1 unspecified atom stereocenters. The summed E-state index contributed by atoms with van der Waals surface area (Å²) in [6.07, 6.45) is 0. The van der Waals surface area contributed by atoms with Crippen molar-refractivity contribution in [2.24, 2.45) is 0 Å². The highest BCUT2D eigenvalue weighted by molar-refractivity contribution is 7.55. The van der Waals surface area contributed by atoms with E-state index in [1.165, 1.54) is 4.67 Å². The first-order chi connectivity index (χ1) is 12.0. The molecule has 0 saturated carbocycles. The van der Waals surface area contributed by atoms with Crippen LogP contribution < -0.4 is 4.67 Å². The van der Waals surface area contributed by atoms with E-state index in [0.717, 1.165) is 0 Å². The quantitative estimate of drug-likeness (QED) is 0.467. The summed E-state index contributed by atoms with van der Waals surface area (Å²) in [6.45, 7) is 5.64. The van der Waals surface area contributed by atoms with Gasteiger partial charge in [-0.25, -0.2) is 4.57 Å². The minimum Gasteiger partial charge on any atom is -0.292 e. The molecule has 0 saturated heterocycles. The number of benzene rings is 2. The molecule has 134 valence electrons. The largest absolute Gasteiger partial charge is 0.435 e. The van der Waals surface area contributed by atoms with Crippen molar-refractivity contribution in [2.75, 3.05) is 17.9 Å². The molecular formula is C19H24NO4P. The molecule has 2 rings (SSSR count). The number of Topliss-reactive ketones (excluding diaryl/α,β-unsaturated/α-hetero) is 1. The second-order valence-electron chi connectivity index (χ2n) is 5.39. The number of hydrogen-bond acceptors (Lipinski definition) is 4. The number of hydrogen-bond donors (Lipinski definition) is 0. The summed E-state index contributed by atoms with van der Waals surface area (Å²) in [5.41, 5.74) is 1.17. The van der Waals surface area contributed by atoms with Crippen LogP contribution in [0.5, 0.6) is 0 Å². The van der Waals surface area contributed by atoms with Gasteiger partial charge in [0.25, 0.3) is 0 Å². The van der Waals surface area contributed by atoms with E-state index < -0.39 is 13.8 Å². The summed E-state index contributed by atoms with van der Waals surface area (Å²) < 4.78 is 25.9. The van der Waals surface area contributed by atoms with Gasteiger partial charge in [-0.15, -0.1) is 0 Å². The van der Waals surface area contributed by atoms with Crippen molar-refractivity contribution < 1.29 is 18.4 Å². The van der Waals surface area contributed by atoms with Crippen molar-refractivity contribution in [1.82, 2.24) is 0 Å². The Hall–Kier alpha value is -1.94. The molecule has 0 bridgehead atoms. The third-order valence-electron chi connectivity index (χ3n) is 3.67. The van der Waals surface area contributed by atoms with Gasteiger partial charge in [0.05, 0.1) is 13.2 Å². The molecule has 0 aromatic heterocycles. The van der Waals surface area contributed by atoms with Crippen LogP contribution in [0.3, 0.4) is 0 Å². The van der Waals surface area contributed by atoms with E-state index in [0.29, 0.717) is 11.3 Å². The SMILES string of the molecule is CCOP(=O)(OCC)N(c1ccccc1)C(C)C(=O)c1ccccc1. The molecule has 0 amide bonds. The number of rotatable bonds is 9. The van der Waals surface area contributed by atoms with Crippen LogP contribution in [0, 0.1) is 0 Å². The summed E-state index contributed by atoms with van der Waals surface area (Å²) in [7, 11) is -3.67. The van der Waals surface area contributed by atoms with Crippen LogP contribution in [0.15, 0.2) is 60.7 Å². The number of para-hydroxylation sites is 1. The molecule has 2 aromatic rings. The molecule has 1 atom stereocenters. The van der Waals surface area contributed by atoms with Gasteiger partial charge in [-0.1, -0.05) is 48.5 Å². The van der Waals surface area contributed by atoms with Crippen LogP contribution in [0.4, 0.5) is 5.69 Å². The van der Waals surface area contributed by atoms with Crippen molar-refractivity contribution in [2.45, 2.75) is 26.8 Å². The summed E-state index contributed by atoms with van der Waals surface area (Å²) in [5, 5.41) is 0. The van der Waals surface area contributed by atoms with E-state index >= 15 is 0 Å². The zero-order valence-electron chi connectivity index (χ0n) is 14.8. The second kappa shape index (κ2) is 8.95. The molecule has 0 aliphatic rings. The van der Waals surface area contributed by atoms with Crippen molar-refractivity contribution in [3.05, 3.63) is 66.2 Å². The number of carbonyl (C=O) groups excluding carboxylic acids is 1. The number of anilines is 1. The Morgan fingerprint density at radius 1 is 0.960 bits per heavy atom. The molecule has 25 heavy (non-hydrogen) atoms. The van der Waals surface area contributed by atoms with E-state index in [1.54, 1.807) is 57.2 Å². The Bertz CT molecular complexity index is 711. The van der Waals surface area contributed by atoms with E-state index in [-0.39, 0.29) is 19.0 Å². The highest BCUT2D eigenvalue weighted by Crippen LogP contribution is 2.55. The minimum absolute atomic E-state index is 0.149. The molecule has 0 spiro atoms. The molecule has 2 aromatic carbocycles. The Labute approximate surface area is 149 Å². The van der Waals surface area contributed by atoms with Crippen molar-refractivity contribution in [1.29, 1.82) is 0 Å². The fourth-order valence-electron chi connectivity index (χ4n) is 2.60. The average Bonchev–Trinajstić information content (AvgIpc) is 2.63. The monoisotopic (exact) mass is 361 g/mol. The highest BCUT2D eigenvalue weighted by atomic mass is 31.2. The molecule has 0 aliphatic carbocycles. The highest BCUT2D eigenvalue weighted by Gasteiger charge is 2.39. The standard InChI is InChI=1S/C19H24NO4P/c1-4-23-25(22,24-5-2)20(18-14-10-7-11-15-18)16(3)19(21)17-12-8-6-9-13-17/h6-16H,4-5H2,1-3H3. The van der Waals surface area contributed by atoms with Crippen LogP contribution in [0.25, 0.3) is 0 Å². The van der Waals surface area contributed by atoms with Crippen LogP contribution in [0.2, 0.25) is 0 Å². The number of carbonyl (C=O) groups is 1. The van der Waals surface area contributed by atoms with Gasteiger partial charge >= 0.3 is 7.75 Å². The van der Waals surface area contributed by atoms with Gasteiger partial charge in [-0.3, -0.25) is 18.5 Å². The molecule has 0 fully saturated rings. The maximum atomic E-state index is 13.4. The normalized spacial score (nSPS) is 12.6. The predicted octanol–water partition coefficient (Wildman–Crippen LogP) is 4.95. The Kier molecular flexibility index (Phi) is 6.94. The number of nitrogens with zero attached hydrogens (tertiary/aromatic N) is 1. The fourth-order valence-corrected chi connectivity index (χ4v) is 4.52. The summed E-state index contributed by atoms with van der Waals surface area (Å²) >= 11 is 0. The summed E-state index contributed by atoms with van der Waals surface area (Å²) in [4.78, 5) is 12.9. The van der Waals surface area contributed by atoms with E-state index in [2.05, 4.69) is 0 Å². The average molecular weight is 361 g/mol. The van der Waals surface area contributed by atoms with E-state index in [4.69, 9.17) is 9.05 Å². The molecule has 0 heterocycles. The van der Waals surface area contributed by atoms with E-state index in [9.17, 15) is 9.36 Å². The summed E-state index contributed by atoms with van der Waals surface area (Å²) in [6, 6.07) is 17.3. The number of ketones is 1. The summed E-state index contributed by atoms with van der Waals surface area (Å²) in [5.74, 6) is -0.149. The smallest absolute Gasteiger partial charge is 0.292 e. The third-order valence-corrected chi connectivity index (χ3v) is 5.95. The molecule has 5 nitrogen and oxygen atoms in total. The Morgan fingerprint density at radius 3 is 1.92 bits per heavy atom. The van der Waals surface area contributed by atoms with Gasteiger partial charge in [-0.2, -0.15) is 0 Å². The molecule has 0 N–H and O–H groups in total. The second-order valence-corrected chi connectivity index (χ2v) is 7.27. The zero-order chi connectivity index (χ0) is 18.3. The first-order valence-corrected chi connectivity index (χ1v) is 9.86. The Balaban J connectivity index is 2.47. The van der Waals surface area contributed by atoms with Gasteiger partial charge in [-0.05, 0) is 32.9 Å².